The summed E-state index contributed by atoms with van der Waals surface area (Å²) in [5.41, 5.74) is 12.6. The zero-order valence-corrected chi connectivity index (χ0v) is 25.3. The Bertz CT molecular complexity index is 2120. The number of nitrogens with zero attached hydrogens (tertiary/aromatic N) is 9. The summed E-state index contributed by atoms with van der Waals surface area (Å²) in [5.74, 6) is 0.470. The predicted molar refractivity (Wildman–Crippen MR) is 174 cm³/mol. The number of para-hydroxylation sites is 4. The molecule has 0 spiro atoms. The highest BCUT2D eigenvalue weighted by atomic mass is 16.6. The third-order valence-corrected chi connectivity index (χ3v) is 5.97. The third kappa shape index (κ3) is 9.96. The summed E-state index contributed by atoms with van der Waals surface area (Å²) in [4.78, 5) is 37.3. The van der Waals surface area contributed by atoms with E-state index in [0.29, 0.717) is 17.1 Å². The molecule has 0 radical (unpaired) electrons. The van der Waals surface area contributed by atoms with Gasteiger partial charge in [-0.3, -0.25) is 30.3 Å². The third-order valence-electron chi connectivity index (χ3n) is 5.97. The first kappa shape index (κ1) is 36.4. The fourth-order valence-electron chi connectivity index (χ4n) is 3.73. The number of hydrogen-bond donors (Lipinski definition) is 3. The van der Waals surface area contributed by atoms with Crippen LogP contribution in [0.2, 0.25) is 0 Å². The summed E-state index contributed by atoms with van der Waals surface area (Å²) in [5, 5.41) is 58.0. The number of rotatable bonds is 6. The van der Waals surface area contributed by atoms with Crippen molar-refractivity contribution in [3.8, 4) is 28.8 Å². The van der Waals surface area contributed by atoms with Gasteiger partial charge in [-0.2, -0.15) is 15.2 Å². The van der Waals surface area contributed by atoms with E-state index < -0.39 is 14.8 Å². The molecule has 2 aromatic heterocycles. The molecule has 0 aliphatic rings. The first-order valence-electron chi connectivity index (χ1n) is 13.5. The molecule has 0 fully saturated rings. The van der Waals surface area contributed by atoms with Crippen molar-refractivity contribution in [1.29, 1.82) is 5.26 Å². The van der Waals surface area contributed by atoms with Crippen LogP contribution in [0.1, 0.15) is 11.1 Å². The lowest BCUT2D eigenvalue weighted by Gasteiger charge is -1.98. The maximum atomic E-state index is 10.6. The minimum absolute atomic E-state index is 0.0334. The van der Waals surface area contributed by atoms with Crippen LogP contribution < -0.4 is 11.5 Å². The van der Waals surface area contributed by atoms with Crippen LogP contribution in [0.25, 0.3) is 22.8 Å². The van der Waals surface area contributed by atoms with Gasteiger partial charge in [-0.1, -0.05) is 64.0 Å². The van der Waals surface area contributed by atoms with Crippen LogP contribution in [0.5, 0.6) is 0 Å². The number of nitrogen functional groups attached to an aromatic ring is 1. The van der Waals surface area contributed by atoms with E-state index in [1.165, 1.54) is 48.9 Å². The molecular weight excluding hydrogens is 658 g/mol. The predicted octanol–water partition coefficient (Wildman–Crippen LogP) is 5.12. The van der Waals surface area contributed by atoms with Crippen molar-refractivity contribution >= 4 is 28.6 Å². The monoisotopic (exact) mass is 681 g/mol. The number of aromatic nitrogens is 4. The fourth-order valence-corrected chi connectivity index (χ4v) is 3.73. The van der Waals surface area contributed by atoms with E-state index in [0.717, 1.165) is 12.0 Å². The molecule has 252 valence electrons. The lowest BCUT2D eigenvalue weighted by molar-refractivity contribution is -0.385. The van der Waals surface area contributed by atoms with Gasteiger partial charge in [0.25, 0.3) is 17.1 Å². The van der Waals surface area contributed by atoms with Crippen molar-refractivity contribution in [3.05, 3.63) is 151 Å². The van der Waals surface area contributed by atoms with Crippen molar-refractivity contribution in [3.63, 3.8) is 0 Å². The Balaban J connectivity index is 0.000000181. The van der Waals surface area contributed by atoms with Crippen LogP contribution in [0.3, 0.4) is 0 Å². The van der Waals surface area contributed by atoms with Crippen LogP contribution in [-0.4, -0.2) is 46.1 Å². The number of nitriles is 1. The molecule has 2 heterocycles. The van der Waals surface area contributed by atoms with Gasteiger partial charge in [-0.25, -0.2) is 0 Å². The first-order chi connectivity index (χ1) is 24.1. The summed E-state index contributed by atoms with van der Waals surface area (Å²) < 4.78 is 9.13. The molecule has 0 saturated carbocycles. The Morgan fingerprint density at radius 1 is 0.700 bits per heavy atom. The van der Waals surface area contributed by atoms with E-state index in [2.05, 4.69) is 34.5 Å². The van der Waals surface area contributed by atoms with E-state index in [1.54, 1.807) is 42.5 Å². The Morgan fingerprint density at radius 2 is 1.16 bits per heavy atom. The lowest BCUT2D eigenvalue weighted by atomic mass is 10.1. The van der Waals surface area contributed by atoms with E-state index in [9.17, 15) is 30.3 Å². The van der Waals surface area contributed by atoms with Crippen LogP contribution in [0, 0.1) is 41.7 Å². The topological polar surface area (TPSA) is 316 Å². The van der Waals surface area contributed by atoms with E-state index in [4.69, 9.17) is 21.9 Å². The first-order valence-corrected chi connectivity index (χ1v) is 13.5. The van der Waals surface area contributed by atoms with Crippen LogP contribution in [0.15, 0.2) is 124 Å². The minimum Gasteiger partial charge on any atom is -0.409 e. The van der Waals surface area contributed by atoms with Crippen molar-refractivity contribution in [2.24, 2.45) is 10.9 Å². The highest BCUT2D eigenvalue weighted by molar-refractivity contribution is 6.00. The van der Waals surface area contributed by atoms with Gasteiger partial charge in [-0.15, -0.1) is 0 Å². The Morgan fingerprint density at radius 3 is 1.64 bits per heavy atom. The molecule has 0 unspecified atom stereocenters. The molecule has 20 heteroatoms. The number of nitro groups is 3. The number of hydrogen-bond acceptors (Lipinski definition) is 16. The van der Waals surface area contributed by atoms with Gasteiger partial charge in [0, 0.05) is 29.4 Å². The summed E-state index contributed by atoms with van der Waals surface area (Å²) in [6, 6.07) is 27.0. The molecule has 6 rings (SSSR count). The van der Waals surface area contributed by atoms with Gasteiger partial charge in [0.2, 0.25) is 24.4 Å². The van der Waals surface area contributed by atoms with Gasteiger partial charge in [-0.05, 0) is 30.3 Å². The summed E-state index contributed by atoms with van der Waals surface area (Å²) >= 11 is 0. The molecule has 4 aromatic carbocycles. The van der Waals surface area contributed by atoms with E-state index in [-0.39, 0.29) is 39.8 Å². The lowest BCUT2D eigenvalue weighted by Crippen LogP contribution is -2.14. The molecule has 6 aromatic rings. The molecule has 20 nitrogen and oxygen atoms in total. The maximum Gasteiger partial charge on any atom is 0.287 e. The Kier molecular flexibility index (Phi) is 13.2. The van der Waals surface area contributed by atoms with Crippen molar-refractivity contribution < 1.29 is 29.0 Å². The van der Waals surface area contributed by atoms with Gasteiger partial charge in [0.15, 0.2) is 5.84 Å². The van der Waals surface area contributed by atoms with Crippen molar-refractivity contribution in [2.75, 3.05) is 5.73 Å². The zero-order chi connectivity index (χ0) is 36.5. The number of oxime groups is 1. The standard InChI is InChI=1S/C8H5N3O3.C8H7N3O.C7H7N3O3.C7H4N2O2/c12-11(13)7-4-2-1-3-6(7)8-9-5-14-10-8;9-7-4-2-1-3-6(7)8-10-5-12-11-8;8-7(9-11)5-3-1-2-4-6(5)10(12)13;8-5-6-3-1-2-4-7(6)9(10)11/h1-5H;1-5H,9H2;1-4,11H,(H2,8,9);1-4H. The average Bonchev–Trinajstić information content (AvgIpc) is 3.88. The van der Waals surface area contributed by atoms with Crippen LogP contribution in [0.4, 0.5) is 22.7 Å². The summed E-state index contributed by atoms with van der Waals surface area (Å²) in [7, 11) is 0. The normalized spacial score (nSPS) is 10.0. The molecule has 0 aliphatic carbocycles. The second kappa shape index (κ2) is 18.2. The second-order valence-electron chi connectivity index (χ2n) is 9.02. The molecule has 0 atom stereocenters. The minimum atomic E-state index is -0.590. The number of anilines is 1. The number of benzene rings is 4. The van der Waals surface area contributed by atoms with Gasteiger partial charge in [0.05, 0.1) is 20.3 Å². The smallest absolute Gasteiger partial charge is 0.287 e. The zero-order valence-electron chi connectivity index (χ0n) is 25.3. The number of nitro benzene ring substituents is 3. The van der Waals surface area contributed by atoms with E-state index in [1.807, 2.05) is 18.2 Å². The molecule has 0 bridgehead atoms. The number of amidine groups is 1. The SMILES string of the molecule is N#Cc1ccccc1[N+](=O)[O-].NC(=NO)c1ccccc1[N+](=O)[O-].Nc1ccccc1-c1ncon1.O=[N+]([O-])c1ccccc1-c1ncon1. The van der Waals surface area contributed by atoms with Gasteiger partial charge in [0.1, 0.15) is 17.2 Å². The summed E-state index contributed by atoms with van der Waals surface area (Å²) in [6.45, 7) is 0. The van der Waals surface area contributed by atoms with Gasteiger partial charge < -0.3 is 25.7 Å². The van der Waals surface area contributed by atoms with E-state index >= 15 is 0 Å². The van der Waals surface area contributed by atoms with Crippen LogP contribution in [-0.2, 0) is 0 Å². The molecule has 0 aliphatic heterocycles. The molecule has 0 amide bonds. The Hall–Kier alpha value is -8.08. The van der Waals surface area contributed by atoms with Crippen molar-refractivity contribution in [1.82, 2.24) is 20.3 Å². The molecule has 50 heavy (non-hydrogen) atoms. The fraction of sp³-hybridized carbons (Fsp3) is 0. The highest BCUT2D eigenvalue weighted by Crippen LogP contribution is 2.26. The molecular formula is C30H23N11O9. The molecule has 5 N–H and O–H groups in total. The highest BCUT2D eigenvalue weighted by Gasteiger charge is 2.17. The average molecular weight is 682 g/mol. The number of nitrogens with two attached hydrogens (primary N) is 2. The van der Waals surface area contributed by atoms with Crippen LogP contribution >= 0.6 is 0 Å². The molecule has 0 saturated heterocycles. The van der Waals surface area contributed by atoms with Gasteiger partial charge >= 0.3 is 0 Å². The van der Waals surface area contributed by atoms with Crippen molar-refractivity contribution in [2.45, 2.75) is 0 Å². The maximum absolute atomic E-state index is 10.6. The largest absolute Gasteiger partial charge is 0.409 e. The quantitative estimate of drug-likeness (QED) is 0.0512. The second-order valence-corrected chi connectivity index (χ2v) is 9.02. The summed E-state index contributed by atoms with van der Waals surface area (Å²) in [6.07, 6.45) is 2.41. The Labute approximate surface area is 280 Å².